The van der Waals surface area contributed by atoms with Crippen LogP contribution in [0.25, 0.3) is 0 Å². The minimum absolute atomic E-state index is 0.0359. The van der Waals surface area contributed by atoms with Crippen molar-refractivity contribution >= 4 is 15.9 Å². The minimum Gasteiger partial charge on any atom is -0.491 e. The summed E-state index contributed by atoms with van der Waals surface area (Å²) in [7, 11) is 0. The molecule has 1 aromatic carbocycles. The van der Waals surface area contributed by atoms with Crippen LogP contribution in [0.1, 0.15) is 0 Å². The highest BCUT2D eigenvalue weighted by molar-refractivity contribution is 9.10. The van der Waals surface area contributed by atoms with Crippen molar-refractivity contribution in [2.24, 2.45) is 0 Å². The van der Waals surface area contributed by atoms with E-state index in [1.165, 1.54) is 0 Å². The van der Waals surface area contributed by atoms with Gasteiger partial charge in [0, 0.05) is 17.6 Å². The van der Waals surface area contributed by atoms with Crippen molar-refractivity contribution < 1.29 is 23.7 Å². The number of rotatable bonds is 8. The Labute approximate surface area is 118 Å². The van der Waals surface area contributed by atoms with Crippen LogP contribution in [0.4, 0.5) is 8.78 Å². The molecule has 0 aliphatic heterocycles. The Kier molecular flexibility index (Phi) is 7.22. The topological polar surface area (TPSA) is 61.7 Å². The van der Waals surface area contributed by atoms with Crippen molar-refractivity contribution in [1.29, 1.82) is 0 Å². The zero-order valence-electron chi connectivity index (χ0n) is 10.1. The Morgan fingerprint density at radius 2 is 2.00 bits per heavy atom. The summed E-state index contributed by atoms with van der Waals surface area (Å²) in [5, 5.41) is 21.0. The van der Waals surface area contributed by atoms with Crippen LogP contribution in [0, 0.1) is 0 Å². The SMILES string of the molecule is OC(CNCC(O)C(F)F)COc1cccc(Br)c1. The Balaban J connectivity index is 2.19. The number of hydrogen-bond donors (Lipinski definition) is 3. The first-order chi connectivity index (χ1) is 8.99. The van der Waals surface area contributed by atoms with E-state index in [-0.39, 0.29) is 19.7 Å². The van der Waals surface area contributed by atoms with Gasteiger partial charge in [-0.2, -0.15) is 0 Å². The normalized spacial score (nSPS) is 14.4. The maximum atomic E-state index is 12.0. The maximum absolute atomic E-state index is 12.0. The van der Waals surface area contributed by atoms with Gasteiger partial charge in [0.05, 0.1) is 0 Å². The predicted molar refractivity (Wildman–Crippen MR) is 70.5 cm³/mol. The summed E-state index contributed by atoms with van der Waals surface area (Å²) in [4.78, 5) is 0. The van der Waals surface area contributed by atoms with E-state index >= 15 is 0 Å². The molecule has 0 saturated carbocycles. The molecule has 3 N–H and O–H groups in total. The molecule has 19 heavy (non-hydrogen) atoms. The molecule has 0 spiro atoms. The lowest BCUT2D eigenvalue weighted by Crippen LogP contribution is -2.38. The van der Waals surface area contributed by atoms with Crippen molar-refractivity contribution in [1.82, 2.24) is 5.32 Å². The van der Waals surface area contributed by atoms with Crippen LogP contribution < -0.4 is 10.1 Å². The number of hydrogen-bond acceptors (Lipinski definition) is 4. The van der Waals surface area contributed by atoms with Crippen LogP contribution >= 0.6 is 15.9 Å². The van der Waals surface area contributed by atoms with Gasteiger partial charge < -0.3 is 20.3 Å². The fraction of sp³-hybridized carbons (Fsp3) is 0.500. The monoisotopic (exact) mass is 339 g/mol. The second-order valence-electron chi connectivity index (χ2n) is 3.98. The predicted octanol–water partition coefficient (Wildman–Crippen LogP) is 1.40. The van der Waals surface area contributed by atoms with Crippen LogP contribution in [-0.4, -0.2) is 48.5 Å². The van der Waals surface area contributed by atoms with Crippen molar-refractivity contribution in [3.63, 3.8) is 0 Å². The van der Waals surface area contributed by atoms with Crippen molar-refractivity contribution in [3.8, 4) is 5.75 Å². The second kappa shape index (κ2) is 8.42. The van der Waals surface area contributed by atoms with Gasteiger partial charge in [-0.3, -0.25) is 0 Å². The molecule has 0 amide bonds. The van der Waals surface area contributed by atoms with Crippen LogP contribution in [0.15, 0.2) is 28.7 Å². The summed E-state index contributed by atoms with van der Waals surface area (Å²) >= 11 is 3.29. The van der Waals surface area contributed by atoms with Gasteiger partial charge in [0.25, 0.3) is 6.43 Å². The summed E-state index contributed by atoms with van der Waals surface area (Å²) in [5.74, 6) is 0.598. The number of nitrogens with one attached hydrogen (secondary N) is 1. The smallest absolute Gasteiger partial charge is 0.265 e. The first-order valence-electron chi connectivity index (χ1n) is 5.72. The molecular weight excluding hydrogens is 324 g/mol. The number of ether oxygens (including phenoxy) is 1. The molecule has 2 atom stereocenters. The number of benzene rings is 1. The molecule has 1 rings (SSSR count). The van der Waals surface area contributed by atoms with Gasteiger partial charge in [-0.15, -0.1) is 0 Å². The first-order valence-corrected chi connectivity index (χ1v) is 6.51. The van der Waals surface area contributed by atoms with Gasteiger partial charge in [-0.25, -0.2) is 8.78 Å². The van der Waals surface area contributed by atoms with E-state index in [1.807, 2.05) is 6.07 Å². The molecule has 0 aromatic heterocycles. The largest absolute Gasteiger partial charge is 0.491 e. The van der Waals surface area contributed by atoms with Gasteiger partial charge in [0.15, 0.2) is 0 Å². The van der Waals surface area contributed by atoms with Crippen molar-refractivity contribution in [2.45, 2.75) is 18.6 Å². The molecule has 4 nitrogen and oxygen atoms in total. The fourth-order valence-corrected chi connectivity index (χ4v) is 1.67. The van der Waals surface area contributed by atoms with Crippen molar-refractivity contribution in [3.05, 3.63) is 28.7 Å². The van der Waals surface area contributed by atoms with Crippen LogP contribution in [0.2, 0.25) is 0 Å². The number of aliphatic hydroxyl groups excluding tert-OH is 2. The lowest BCUT2D eigenvalue weighted by Gasteiger charge is -2.15. The average molecular weight is 340 g/mol. The second-order valence-corrected chi connectivity index (χ2v) is 4.90. The average Bonchev–Trinajstić information content (AvgIpc) is 2.36. The molecule has 108 valence electrons. The van der Waals surface area contributed by atoms with Gasteiger partial charge in [-0.05, 0) is 18.2 Å². The van der Waals surface area contributed by atoms with E-state index in [2.05, 4.69) is 21.2 Å². The Hall–Kier alpha value is -0.760. The lowest BCUT2D eigenvalue weighted by atomic mass is 10.3. The molecule has 1 aromatic rings. The number of aliphatic hydroxyl groups is 2. The van der Waals surface area contributed by atoms with Crippen molar-refractivity contribution in [2.75, 3.05) is 19.7 Å². The van der Waals surface area contributed by atoms with Gasteiger partial charge >= 0.3 is 0 Å². The van der Waals surface area contributed by atoms with E-state index in [0.29, 0.717) is 5.75 Å². The fourth-order valence-electron chi connectivity index (χ4n) is 1.30. The standard InChI is InChI=1S/C12H16BrF2NO3/c13-8-2-1-3-10(4-8)19-7-9(17)5-16-6-11(18)12(14)15/h1-4,9,11-12,16-18H,5-7H2. The highest BCUT2D eigenvalue weighted by Gasteiger charge is 2.16. The molecule has 0 bridgehead atoms. The molecule has 0 heterocycles. The zero-order chi connectivity index (χ0) is 14.3. The summed E-state index contributed by atoms with van der Waals surface area (Å²) in [5.41, 5.74) is 0. The molecule has 0 aliphatic rings. The lowest BCUT2D eigenvalue weighted by molar-refractivity contribution is -0.00529. The van der Waals surface area contributed by atoms with Gasteiger partial charge in [0.2, 0.25) is 0 Å². The van der Waals surface area contributed by atoms with Gasteiger partial charge in [0.1, 0.15) is 24.6 Å². The molecule has 2 unspecified atom stereocenters. The molecule has 0 saturated heterocycles. The third-order valence-electron chi connectivity index (χ3n) is 2.26. The van der Waals surface area contributed by atoms with E-state index in [9.17, 15) is 13.9 Å². The van der Waals surface area contributed by atoms with Crippen LogP contribution in [0.3, 0.4) is 0 Å². The summed E-state index contributed by atoms with van der Waals surface area (Å²) < 4.78 is 30.1. The molecule has 0 radical (unpaired) electrons. The number of alkyl halides is 2. The Bertz CT molecular complexity index is 382. The third kappa shape index (κ3) is 6.81. The Morgan fingerprint density at radius 3 is 2.63 bits per heavy atom. The van der Waals surface area contributed by atoms with E-state index in [0.717, 1.165) is 4.47 Å². The van der Waals surface area contributed by atoms with Crippen LogP contribution in [-0.2, 0) is 0 Å². The van der Waals surface area contributed by atoms with Gasteiger partial charge in [-0.1, -0.05) is 22.0 Å². The first kappa shape index (κ1) is 16.3. The third-order valence-corrected chi connectivity index (χ3v) is 2.76. The van der Waals surface area contributed by atoms with E-state index in [4.69, 9.17) is 9.84 Å². The molecule has 0 fully saturated rings. The molecular formula is C12H16BrF2NO3. The molecule has 0 aliphatic carbocycles. The number of halogens is 3. The van der Waals surface area contributed by atoms with Crippen LogP contribution in [0.5, 0.6) is 5.75 Å². The zero-order valence-corrected chi connectivity index (χ0v) is 11.7. The summed E-state index contributed by atoms with van der Waals surface area (Å²) in [6.45, 7) is -0.169. The minimum atomic E-state index is -2.79. The highest BCUT2D eigenvalue weighted by Crippen LogP contribution is 2.17. The molecule has 7 heteroatoms. The quantitative estimate of drug-likeness (QED) is 0.670. The van der Waals surface area contributed by atoms with E-state index in [1.54, 1.807) is 18.2 Å². The Morgan fingerprint density at radius 1 is 1.26 bits per heavy atom. The van der Waals surface area contributed by atoms with E-state index < -0.39 is 18.6 Å². The summed E-state index contributed by atoms with van der Waals surface area (Å²) in [6.07, 6.45) is -5.36. The highest BCUT2D eigenvalue weighted by atomic mass is 79.9. The maximum Gasteiger partial charge on any atom is 0.265 e. The summed E-state index contributed by atoms with van der Waals surface area (Å²) in [6, 6.07) is 7.13.